The number of hydrogen-bond donors (Lipinski definition) is 2. The van der Waals surface area contributed by atoms with Crippen LogP contribution in [0.2, 0.25) is 0 Å². The number of nitrogens with two attached hydrogens (primary N) is 1. The zero-order valence-corrected chi connectivity index (χ0v) is 8.19. The number of pyridine rings is 1. The predicted molar refractivity (Wildman–Crippen MR) is 49.9 cm³/mol. The molecule has 0 fully saturated rings. The van der Waals surface area contributed by atoms with Gasteiger partial charge in [0.05, 0.1) is 4.90 Å². The SMILES string of the molecule is CS(=O)(=O)c1cccnc1/C(N)=N/O. The maximum Gasteiger partial charge on any atom is 0.190 e. The van der Waals surface area contributed by atoms with Gasteiger partial charge in [0.2, 0.25) is 0 Å². The third kappa shape index (κ3) is 1.99. The highest BCUT2D eigenvalue weighted by molar-refractivity contribution is 7.90. The highest BCUT2D eigenvalue weighted by atomic mass is 32.2. The van der Waals surface area contributed by atoms with E-state index in [4.69, 9.17) is 10.9 Å². The summed E-state index contributed by atoms with van der Waals surface area (Å²) in [5, 5.41) is 11.1. The summed E-state index contributed by atoms with van der Waals surface area (Å²) in [7, 11) is -3.42. The van der Waals surface area contributed by atoms with Crippen LogP contribution in [0.25, 0.3) is 0 Å². The lowest BCUT2D eigenvalue weighted by atomic mass is 10.3. The first-order chi connectivity index (χ1) is 6.46. The maximum atomic E-state index is 11.2. The largest absolute Gasteiger partial charge is 0.409 e. The summed E-state index contributed by atoms with van der Waals surface area (Å²) < 4.78 is 22.5. The summed E-state index contributed by atoms with van der Waals surface area (Å²) in [6.07, 6.45) is 2.39. The lowest BCUT2D eigenvalue weighted by Crippen LogP contribution is -2.19. The van der Waals surface area contributed by atoms with Crippen LogP contribution in [-0.4, -0.2) is 30.7 Å². The first-order valence-corrected chi connectivity index (χ1v) is 5.49. The molecule has 3 N–H and O–H groups in total. The van der Waals surface area contributed by atoms with E-state index in [0.29, 0.717) is 0 Å². The van der Waals surface area contributed by atoms with Crippen molar-refractivity contribution in [2.45, 2.75) is 4.90 Å². The Kier molecular flexibility index (Phi) is 2.70. The Hall–Kier alpha value is -1.63. The van der Waals surface area contributed by atoms with Crippen LogP contribution in [0.3, 0.4) is 0 Å². The van der Waals surface area contributed by atoms with Gasteiger partial charge in [-0.3, -0.25) is 4.98 Å². The monoisotopic (exact) mass is 215 g/mol. The van der Waals surface area contributed by atoms with Gasteiger partial charge >= 0.3 is 0 Å². The molecule has 0 aliphatic carbocycles. The Morgan fingerprint density at radius 2 is 2.29 bits per heavy atom. The quantitative estimate of drug-likeness (QED) is 0.301. The number of rotatable bonds is 2. The van der Waals surface area contributed by atoms with E-state index >= 15 is 0 Å². The number of sulfone groups is 1. The highest BCUT2D eigenvalue weighted by Gasteiger charge is 2.16. The molecule has 0 spiro atoms. The molecule has 0 amide bonds. The molecule has 1 rings (SSSR count). The van der Waals surface area contributed by atoms with Gasteiger partial charge in [0.15, 0.2) is 15.7 Å². The lowest BCUT2D eigenvalue weighted by molar-refractivity contribution is 0.318. The molecule has 0 saturated heterocycles. The smallest absolute Gasteiger partial charge is 0.190 e. The Labute approximate surface area is 81.0 Å². The summed E-state index contributed by atoms with van der Waals surface area (Å²) in [4.78, 5) is 3.66. The molecule has 0 aliphatic heterocycles. The van der Waals surface area contributed by atoms with Gasteiger partial charge in [0.25, 0.3) is 0 Å². The van der Waals surface area contributed by atoms with Gasteiger partial charge in [-0.2, -0.15) is 0 Å². The topological polar surface area (TPSA) is 106 Å². The Morgan fingerprint density at radius 3 is 2.79 bits per heavy atom. The Bertz CT molecular complexity index is 467. The summed E-state index contributed by atoms with van der Waals surface area (Å²) in [5.74, 6) is -0.328. The fourth-order valence-electron chi connectivity index (χ4n) is 0.929. The number of aromatic nitrogens is 1. The first kappa shape index (κ1) is 10.5. The molecule has 76 valence electrons. The van der Waals surface area contributed by atoms with E-state index in [2.05, 4.69) is 10.1 Å². The molecular weight excluding hydrogens is 206 g/mol. The van der Waals surface area contributed by atoms with Crippen LogP contribution in [0.4, 0.5) is 0 Å². The second-order valence-corrected chi connectivity index (χ2v) is 4.59. The maximum absolute atomic E-state index is 11.2. The Morgan fingerprint density at radius 1 is 1.64 bits per heavy atom. The van der Waals surface area contributed by atoms with E-state index in [9.17, 15) is 8.42 Å². The van der Waals surface area contributed by atoms with Crippen LogP contribution in [0.1, 0.15) is 5.69 Å². The second kappa shape index (κ2) is 3.62. The summed E-state index contributed by atoms with van der Waals surface area (Å²) >= 11 is 0. The third-order valence-corrected chi connectivity index (χ3v) is 2.65. The van der Waals surface area contributed by atoms with Gasteiger partial charge in [-0.15, -0.1) is 0 Å². The van der Waals surface area contributed by atoms with E-state index in [1.807, 2.05) is 0 Å². The van der Waals surface area contributed by atoms with E-state index in [1.165, 1.54) is 18.3 Å². The minimum absolute atomic E-state index is 0.0440. The van der Waals surface area contributed by atoms with Crippen LogP contribution in [0.15, 0.2) is 28.4 Å². The van der Waals surface area contributed by atoms with E-state index in [-0.39, 0.29) is 16.4 Å². The van der Waals surface area contributed by atoms with Gasteiger partial charge in [0.1, 0.15) is 5.69 Å². The lowest BCUT2D eigenvalue weighted by Gasteiger charge is -2.03. The molecule has 0 aromatic carbocycles. The molecule has 6 nitrogen and oxygen atoms in total. The normalized spacial score (nSPS) is 12.8. The summed E-state index contributed by atoms with van der Waals surface area (Å²) in [5.41, 5.74) is 5.22. The number of oxime groups is 1. The van der Waals surface area contributed by atoms with Crippen molar-refractivity contribution in [3.05, 3.63) is 24.0 Å². The number of hydrogen-bond acceptors (Lipinski definition) is 5. The average Bonchev–Trinajstić information content (AvgIpc) is 2.15. The molecule has 0 aliphatic rings. The van der Waals surface area contributed by atoms with Crippen molar-refractivity contribution in [3.8, 4) is 0 Å². The fourth-order valence-corrected chi connectivity index (χ4v) is 1.76. The van der Waals surface area contributed by atoms with E-state index in [0.717, 1.165) is 6.26 Å². The Balaban J connectivity index is 3.46. The number of amidine groups is 1. The van der Waals surface area contributed by atoms with Gasteiger partial charge in [-0.25, -0.2) is 8.42 Å². The number of nitrogens with zero attached hydrogens (tertiary/aromatic N) is 2. The average molecular weight is 215 g/mol. The zero-order chi connectivity index (χ0) is 10.8. The van der Waals surface area contributed by atoms with Crippen molar-refractivity contribution < 1.29 is 13.6 Å². The van der Waals surface area contributed by atoms with Crippen LogP contribution in [-0.2, 0) is 9.84 Å². The van der Waals surface area contributed by atoms with Gasteiger partial charge in [-0.1, -0.05) is 5.16 Å². The molecular formula is C7H9N3O3S. The standard InChI is InChI=1S/C7H9N3O3S/c1-14(12,13)5-3-2-4-9-6(5)7(8)10-11/h2-4,11H,1H3,(H2,8,10). The molecule has 0 atom stereocenters. The minimum Gasteiger partial charge on any atom is -0.409 e. The van der Waals surface area contributed by atoms with Crippen molar-refractivity contribution in [1.82, 2.24) is 4.98 Å². The molecule has 0 unspecified atom stereocenters. The molecule has 0 saturated carbocycles. The van der Waals surface area contributed by atoms with Crippen molar-refractivity contribution in [1.29, 1.82) is 0 Å². The fraction of sp³-hybridized carbons (Fsp3) is 0.143. The van der Waals surface area contributed by atoms with E-state index < -0.39 is 9.84 Å². The highest BCUT2D eigenvalue weighted by Crippen LogP contribution is 2.11. The first-order valence-electron chi connectivity index (χ1n) is 3.60. The summed E-state index contributed by atoms with van der Waals surface area (Å²) in [6, 6.07) is 2.81. The van der Waals surface area contributed by atoms with Crippen molar-refractivity contribution in [2.75, 3.05) is 6.26 Å². The van der Waals surface area contributed by atoms with Crippen molar-refractivity contribution >= 4 is 15.7 Å². The zero-order valence-electron chi connectivity index (χ0n) is 7.38. The molecule has 1 heterocycles. The molecule has 1 aromatic rings. The van der Waals surface area contributed by atoms with Gasteiger partial charge in [0, 0.05) is 12.5 Å². The molecule has 14 heavy (non-hydrogen) atoms. The molecule has 1 aromatic heterocycles. The van der Waals surface area contributed by atoms with Crippen LogP contribution in [0, 0.1) is 0 Å². The molecule has 0 radical (unpaired) electrons. The van der Waals surface area contributed by atoms with Crippen molar-refractivity contribution in [2.24, 2.45) is 10.9 Å². The van der Waals surface area contributed by atoms with Crippen LogP contribution < -0.4 is 5.73 Å². The van der Waals surface area contributed by atoms with Crippen molar-refractivity contribution in [3.63, 3.8) is 0 Å². The van der Waals surface area contributed by atoms with Gasteiger partial charge in [-0.05, 0) is 12.1 Å². The molecule has 7 heteroatoms. The van der Waals surface area contributed by atoms with Gasteiger partial charge < -0.3 is 10.9 Å². The third-order valence-electron chi connectivity index (χ3n) is 1.52. The van der Waals surface area contributed by atoms with Crippen LogP contribution in [0.5, 0.6) is 0 Å². The van der Waals surface area contributed by atoms with E-state index in [1.54, 1.807) is 0 Å². The molecule has 0 bridgehead atoms. The second-order valence-electron chi connectivity index (χ2n) is 2.61. The predicted octanol–water partition coefficient (Wildman–Crippen LogP) is -0.420. The van der Waals surface area contributed by atoms with Crippen LogP contribution >= 0.6 is 0 Å². The minimum atomic E-state index is -3.42. The summed E-state index contributed by atoms with van der Waals surface area (Å²) in [6.45, 7) is 0.